The molecule has 0 fully saturated rings. The monoisotopic (exact) mass is 651 g/mol. The fraction of sp³-hybridized carbons (Fsp3) is 0. The van der Waals surface area contributed by atoms with Gasteiger partial charge in [0.15, 0.2) is 0 Å². The van der Waals surface area contributed by atoms with E-state index in [0.717, 1.165) is 0 Å². The molecule has 0 amide bonds. The molecule has 0 saturated carbocycles. The van der Waals surface area contributed by atoms with Crippen molar-refractivity contribution in [2.75, 3.05) is 0 Å². The van der Waals surface area contributed by atoms with Gasteiger partial charge in [-0.1, -0.05) is 0 Å². The van der Waals surface area contributed by atoms with Crippen molar-refractivity contribution in [2.45, 2.75) is 0 Å². The van der Waals surface area contributed by atoms with E-state index in [1.54, 1.807) is 0 Å². The molecule has 18 heteroatoms. The topological polar surface area (TPSA) is 229 Å². The van der Waals surface area contributed by atoms with Crippen molar-refractivity contribution in [3.8, 4) is 0 Å². The summed E-state index contributed by atoms with van der Waals surface area (Å²) in [5, 5.41) is 0. The first kappa shape index (κ1) is 37.1. The Balaban J connectivity index is -0.0000000257. The Morgan fingerprint density at radius 2 is 0.444 bits per heavy atom. The van der Waals surface area contributed by atoms with E-state index in [1.165, 1.54) is 0 Å². The van der Waals surface area contributed by atoms with Crippen LogP contribution in [0.3, 0.4) is 0 Å². The van der Waals surface area contributed by atoms with Gasteiger partial charge in [-0.25, -0.2) is 0 Å². The Morgan fingerprint density at radius 1 is 0.444 bits per heavy atom. The largest absolute Gasteiger partial charge is 2.00 e. The van der Waals surface area contributed by atoms with Gasteiger partial charge >= 0.3 is 158 Å². The van der Waals surface area contributed by atoms with E-state index in [9.17, 15) is 0 Å². The van der Waals surface area contributed by atoms with Crippen LogP contribution in [0, 0.1) is 0 Å². The van der Waals surface area contributed by atoms with E-state index in [1.807, 2.05) is 0 Å². The molecular formula is MgNb4O12Zn. The van der Waals surface area contributed by atoms with Crippen molar-refractivity contribution in [3.63, 3.8) is 0 Å². The predicted molar refractivity (Wildman–Crippen MR) is 11.2 cm³/mol. The number of rotatable bonds is 0. The van der Waals surface area contributed by atoms with Crippen LogP contribution in [-0.2, 0) is 121 Å². The van der Waals surface area contributed by atoms with Crippen LogP contribution < -0.4 is 14.5 Å². The van der Waals surface area contributed by atoms with Gasteiger partial charge in [-0.05, 0) is 0 Å². The number of hydrogen-bond acceptors (Lipinski definition) is 12. The van der Waals surface area contributed by atoms with Gasteiger partial charge < -0.3 is 0 Å². The summed E-state index contributed by atoms with van der Waals surface area (Å²) in [5.41, 5.74) is 0. The summed E-state index contributed by atoms with van der Waals surface area (Å²) in [6.07, 6.45) is 0. The van der Waals surface area contributed by atoms with Crippen LogP contribution in [0.15, 0.2) is 0 Å². The number of hydrogen-bond donors (Lipinski definition) is 0. The van der Waals surface area contributed by atoms with Crippen molar-refractivity contribution >= 4 is 23.1 Å². The summed E-state index contributed by atoms with van der Waals surface area (Å²) in [6.45, 7) is 0. The summed E-state index contributed by atoms with van der Waals surface area (Å²) >= 11 is -16.8. The van der Waals surface area contributed by atoms with Gasteiger partial charge in [0.2, 0.25) is 0 Å². The van der Waals surface area contributed by atoms with Gasteiger partial charge in [-0.3, -0.25) is 0 Å². The fourth-order valence-corrected chi connectivity index (χ4v) is 0. The minimum Gasteiger partial charge on any atom is 2.00 e. The summed E-state index contributed by atoms with van der Waals surface area (Å²) in [7, 11) is 0. The maximum atomic E-state index is 8.60. The molecule has 0 saturated heterocycles. The summed E-state index contributed by atoms with van der Waals surface area (Å²) in [5.74, 6) is 0. The summed E-state index contributed by atoms with van der Waals surface area (Å²) < 4.78 is 103. The molecule has 0 atom stereocenters. The Kier molecular flexibility index (Phi) is 65.6. The molecule has 0 aromatic rings. The molecule has 0 unspecified atom stereocenters. The van der Waals surface area contributed by atoms with Gasteiger partial charge in [-0.15, -0.1) is 0 Å². The zero-order valence-corrected chi connectivity index (χ0v) is 21.3. The molecule has 96 valence electrons. The maximum absolute atomic E-state index is 8.60. The first-order chi connectivity index (χ1) is 6.93. The molecule has 0 spiro atoms. The molecular weight excluding hydrogens is 653 g/mol. The normalized spacial score (nSPS) is 5.56. The average molecular weight is 653 g/mol. The van der Waals surface area contributed by atoms with E-state index >= 15 is 0 Å². The Morgan fingerprint density at radius 3 is 0.444 bits per heavy atom. The molecule has 0 aromatic heterocycles. The van der Waals surface area contributed by atoms with E-state index in [-0.39, 0.29) is 42.5 Å². The molecule has 0 aliphatic carbocycles. The van der Waals surface area contributed by atoms with Crippen molar-refractivity contribution in [2.24, 2.45) is 0 Å². The minimum absolute atomic E-state index is 0. The summed E-state index contributed by atoms with van der Waals surface area (Å²) in [6, 6.07) is 0. The van der Waals surface area contributed by atoms with Crippen LogP contribution in [0.2, 0.25) is 0 Å². The van der Waals surface area contributed by atoms with Gasteiger partial charge in [0, 0.05) is 0 Å². The van der Waals surface area contributed by atoms with E-state index in [4.69, 9.17) is 40.5 Å². The molecule has 0 radical (unpaired) electrons. The average Bonchev–Trinajstić information content (AvgIpc) is 1.76. The second-order valence-corrected chi connectivity index (χ2v) is 5.29. The van der Waals surface area contributed by atoms with E-state index in [2.05, 4.69) is 0 Å². The zero-order chi connectivity index (χ0) is 14.3. The van der Waals surface area contributed by atoms with Crippen LogP contribution in [0.25, 0.3) is 0 Å². The fourth-order valence-electron chi connectivity index (χ4n) is 0. The minimum atomic E-state index is -4.20. The van der Waals surface area contributed by atoms with Crippen LogP contribution in [0.5, 0.6) is 0 Å². The Hall–Kier alpha value is 2.59. The first-order valence-corrected chi connectivity index (χ1v) is 13.0. The Bertz CT molecular complexity index is 298. The van der Waals surface area contributed by atoms with E-state index in [0.29, 0.717) is 0 Å². The molecule has 12 nitrogen and oxygen atoms in total. The second-order valence-electron chi connectivity index (χ2n) is 0.894. The van der Waals surface area contributed by atoms with E-state index < -0.39 is 75.1 Å². The van der Waals surface area contributed by atoms with Crippen molar-refractivity contribution in [3.05, 3.63) is 0 Å². The molecule has 0 rings (SSSR count). The standard InChI is InChI=1S/Mg.4Nb.12O.Zn/q+2;;;;;;;;;;;;;4*-1;+2. The molecule has 0 aliphatic rings. The quantitative estimate of drug-likeness (QED) is 0.223. The van der Waals surface area contributed by atoms with Crippen LogP contribution in [0.4, 0.5) is 0 Å². The zero-order valence-electron chi connectivity index (χ0n) is 8.10. The third-order valence-corrected chi connectivity index (χ3v) is 0. The molecule has 0 bridgehead atoms. The molecule has 0 heterocycles. The van der Waals surface area contributed by atoms with Crippen LogP contribution in [-0.4, -0.2) is 23.1 Å². The molecule has 0 N–H and O–H groups in total. The van der Waals surface area contributed by atoms with Gasteiger partial charge in [-0.2, -0.15) is 0 Å². The van der Waals surface area contributed by atoms with Crippen molar-refractivity contribution < 1.29 is 135 Å². The van der Waals surface area contributed by atoms with Gasteiger partial charge in [0.1, 0.15) is 0 Å². The third kappa shape index (κ3) is 857. The Labute approximate surface area is 155 Å². The van der Waals surface area contributed by atoms with Crippen molar-refractivity contribution in [1.29, 1.82) is 0 Å². The predicted octanol–water partition coefficient (Wildman–Crippen LogP) is -6.10. The molecule has 0 aromatic carbocycles. The summed E-state index contributed by atoms with van der Waals surface area (Å²) in [4.78, 5) is 0. The third-order valence-electron chi connectivity index (χ3n) is 0. The van der Waals surface area contributed by atoms with Crippen molar-refractivity contribution in [1.82, 2.24) is 0 Å². The second kappa shape index (κ2) is 31.8. The molecule has 0 aliphatic heterocycles. The SMILES string of the molecule is [Mg+2].[O]=[Nb](=[O])[O-].[O]=[Nb](=[O])[O-].[O]=[Nb](=[O])[O-].[O]=[Nb](=[O])[O-].[Zn+2]. The van der Waals surface area contributed by atoms with Crippen LogP contribution >= 0.6 is 0 Å². The maximum Gasteiger partial charge on any atom is 2.00 e. The first-order valence-electron chi connectivity index (χ1n) is 2.19. The van der Waals surface area contributed by atoms with Crippen LogP contribution in [0.1, 0.15) is 0 Å². The van der Waals surface area contributed by atoms with Gasteiger partial charge in [0.25, 0.3) is 0 Å². The molecule has 18 heavy (non-hydrogen) atoms. The smallest absolute Gasteiger partial charge is 2.00 e. The van der Waals surface area contributed by atoms with Gasteiger partial charge in [0.05, 0.1) is 0 Å².